The largest absolute Gasteiger partial charge is 0.383 e. The summed E-state index contributed by atoms with van der Waals surface area (Å²) >= 11 is 1.38. The maximum Gasteiger partial charge on any atom is 0.273 e. The molecule has 0 atom stereocenters. The number of hydrogen-bond donors (Lipinski definition) is 1. The van der Waals surface area contributed by atoms with Crippen molar-refractivity contribution in [2.75, 3.05) is 20.3 Å². The Morgan fingerprint density at radius 3 is 2.55 bits per heavy atom. The van der Waals surface area contributed by atoms with Gasteiger partial charge in [0.2, 0.25) is 0 Å². The predicted molar refractivity (Wildman–Crippen MR) is 107 cm³/mol. The Morgan fingerprint density at radius 1 is 1.21 bits per heavy atom. The molecule has 0 unspecified atom stereocenters. The van der Waals surface area contributed by atoms with Crippen LogP contribution in [0.4, 0.5) is 4.39 Å². The van der Waals surface area contributed by atoms with Crippen molar-refractivity contribution in [2.45, 2.75) is 24.8 Å². The van der Waals surface area contributed by atoms with E-state index in [1.54, 1.807) is 19.2 Å². The second-order valence-corrected chi connectivity index (χ2v) is 7.19. The first kappa shape index (κ1) is 20.9. The Hall–Kier alpha value is -2.85. The Labute approximate surface area is 171 Å². The number of benzene rings is 1. The van der Waals surface area contributed by atoms with Crippen molar-refractivity contribution in [3.05, 3.63) is 58.9 Å². The van der Waals surface area contributed by atoms with Crippen LogP contribution in [0.3, 0.4) is 0 Å². The smallest absolute Gasteiger partial charge is 0.273 e. The van der Waals surface area contributed by atoms with E-state index in [2.05, 4.69) is 25.6 Å². The van der Waals surface area contributed by atoms with Crippen LogP contribution in [-0.2, 0) is 10.5 Å². The van der Waals surface area contributed by atoms with Gasteiger partial charge in [0, 0.05) is 30.8 Å². The van der Waals surface area contributed by atoms with Crippen molar-refractivity contribution in [1.29, 1.82) is 0 Å². The third-order valence-corrected chi connectivity index (χ3v) is 4.80. The van der Waals surface area contributed by atoms with Gasteiger partial charge < -0.3 is 10.1 Å². The molecule has 8 nitrogen and oxygen atoms in total. The maximum atomic E-state index is 13.3. The zero-order valence-corrected chi connectivity index (χ0v) is 17.2. The van der Waals surface area contributed by atoms with Gasteiger partial charge in [-0.15, -0.1) is 5.10 Å². The van der Waals surface area contributed by atoms with Crippen LogP contribution in [0.2, 0.25) is 0 Å². The van der Waals surface area contributed by atoms with Gasteiger partial charge in [-0.25, -0.2) is 19.0 Å². The summed E-state index contributed by atoms with van der Waals surface area (Å²) in [5.41, 5.74) is 3.10. The zero-order valence-electron chi connectivity index (χ0n) is 16.3. The summed E-state index contributed by atoms with van der Waals surface area (Å²) in [6.45, 7) is 4.54. The van der Waals surface area contributed by atoms with Crippen molar-refractivity contribution in [1.82, 2.24) is 30.3 Å². The van der Waals surface area contributed by atoms with Gasteiger partial charge in [0.15, 0.2) is 10.9 Å². The number of carbonyl (C=O) groups is 1. The average Bonchev–Trinajstić information content (AvgIpc) is 3.10. The van der Waals surface area contributed by atoms with Crippen LogP contribution < -0.4 is 5.32 Å². The van der Waals surface area contributed by atoms with E-state index in [9.17, 15) is 9.18 Å². The molecule has 0 fully saturated rings. The molecule has 0 aliphatic carbocycles. The highest BCUT2D eigenvalue weighted by atomic mass is 32.2. The molecule has 0 bridgehead atoms. The number of nitrogens with zero attached hydrogens (tertiary/aromatic N) is 5. The number of methoxy groups -OCH3 is 1. The lowest BCUT2D eigenvalue weighted by atomic mass is 10.2. The predicted octanol–water partition coefficient (Wildman–Crippen LogP) is 2.48. The number of aryl methyl sites for hydroxylation is 2. The van der Waals surface area contributed by atoms with Gasteiger partial charge in [0.1, 0.15) is 5.82 Å². The quantitative estimate of drug-likeness (QED) is 0.342. The van der Waals surface area contributed by atoms with E-state index in [-0.39, 0.29) is 17.4 Å². The van der Waals surface area contributed by atoms with Crippen molar-refractivity contribution in [3.8, 4) is 5.69 Å². The second kappa shape index (κ2) is 9.57. The van der Waals surface area contributed by atoms with Crippen LogP contribution in [0.5, 0.6) is 0 Å². The monoisotopic (exact) mass is 416 g/mol. The van der Waals surface area contributed by atoms with Gasteiger partial charge >= 0.3 is 0 Å². The molecule has 10 heteroatoms. The molecular weight excluding hydrogens is 395 g/mol. The van der Waals surface area contributed by atoms with E-state index >= 15 is 0 Å². The van der Waals surface area contributed by atoms with Gasteiger partial charge in [-0.2, -0.15) is 0 Å². The molecule has 0 aliphatic rings. The molecule has 3 rings (SSSR count). The Morgan fingerprint density at radius 2 is 1.90 bits per heavy atom. The van der Waals surface area contributed by atoms with Crippen molar-refractivity contribution < 1.29 is 13.9 Å². The van der Waals surface area contributed by atoms with E-state index < -0.39 is 0 Å². The molecule has 0 aliphatic heterocycles. The van der Waals surface area contributed by atoms with Crippen LogP contribution in [0, 0.1) is 19.7 Å². The number of aromatic nitrogens is 5. The first-order valence-electron chi connectivity index (χ1n) is 8.90. The van der Waals surface area contributed by atoms with E-state index in [4.69, 9.17) is 4.74 Å². The molecule has 2 aromatic heterocycles. The summed E-state index contributed by atoms with van der Waals surface area (Å²) in [4.78, 5) is 21.4. The minimum atomic E-state index is -0.356. The number of ether oxygens (including phenoxy) is 1. The number of carbonyl (C=O) groups excluding carboxylic acids is 1. The lowest BCUT2D eigenvalue weighted by Gasteiger charge is -2.09. The molecule has 1 amide bonds. The molecule has 0 radical (unpaired) electrons. The fourth-order valence-electron chi connectivity index (χ4n) is 2.64. The summed E-state index contributed by atoms with van der Waals surface area (Å²) in [7, 11) is 1.56. The molecule has 3 aromatic rings. The van der Waals surface area contributed by atoms with Crippen molar-refractivity contribution in [3.63, 3.8) is 0 Å². The van der Waals surface area contributed by atoms with Crippen molar-refractivity contribution in [2.24, 2.45) is 0 Å². The summed E-state index contributed by atoms with van der Waals surface area (Å²) < 4.78 is 19.8. The minimum Gasteiger partial charge on any atom is -0.383 e. The SMILES string of the molecule is COCCNC(=O)c1nnn(-c2ccc(F)cc2)c1CSc1nc(C)cc(C)n1. The van der Waals surface area contributed by atoms with E-state index in [0.717, 1.165) is 11.4 Å². The number of halogens is 1. The number of rotatable bonds is 8. The Balaban J connectivity index is 1.90. The van der Waals surface area contributed by atoms with Gasteiger partial charge in [0.25, 0.3) is 5.91 Å². The lowest BCUT2D eigenvalue weighted by Crippen LogP contribution is -2.28. The molecule has 152 valence electrons. The van der Waals surface area contributed by atoms with E-state index in [1.807, 2.05) is 19.9 Å². The molecule has 29 heavy (non-hydrogen) atoms. The summed E-state index contributed by atoms with van der Waals surface area (Å²) in [6, 6.07) is 7.72. The highest BCUT2D eigenvalue weighted by molar-refractivity contribution is 7.98. The number of nitrogens with one attached hydrogen (secondary N) is 1. The van der Waals surface area contributed by atoms with Crippen LogP contribution in [0.25, 0.3) is 5.69 Å². The average molecular weight is 416 g/mol. The highest BCUT2D eigenvalue weighted by Gasteiger charge is 2.21. The van der Waals surface area contributed by atoms with Gasteiger partial charge in [-0.05, 0) is 44.2 Å². The first-order chi connectivity index (χ1) is 14.0. The standard InChI is InChI=1S/C19H21FN6O2S/c1-12-10-13(2)23-19(22-12)29-11-16-17(18(27)21-8-9-28-3)24-25-26(16)15-6-4-14(20)5-7-15/h4-7,10H,8-9,11H2,1-3H3,(H,21,27). The summed E-state index contributed by atoms with van der Waals surface area (Å²) in [5.74, 6) is -0.348. The number of hydrogen-bond acceptors (Lipinski definition) is 7. The van der Waals surface area contributed by atoms with Crippen molar-refractivity contribution >= 4 is 17.7 Å². The molecule has 0 saturated heterocycles. The van der Waals surface area contributed by atoms with E-state index in [1.165, 1.54) is 28.6 Å². The fourth-order valence-corrected chi connectivity index (χ4v) is 3.58. The Kier molecular flexibility index (Phi) is 6.89. The van der Waals surface area contributed by atoms with Gasteiger partial charge in [-0.3, -0.25) is 4.79 Å². The van der Waals surface area contributed by atoms with E-state index in [0.29, 0.717) is 35.4 Å². The molecule has 0 saturated carbocycles. The van der Waals surface area contributed by atoms with Crippen LogP contribution in [0.15, 0.2) is 35.5 Å². The van der Waals surface area contributed by atoms with Crippen LogP contribution >= 0.6 is 11.8 Å². The number of thioether (sulfide) groups is 1. The molecule has 0 spiro atoms. The third-order valence-electron chi connectivity index (χ3n) is 3.94. The highest BCUT2D eigenvalue weighted by Crippen LogP contribution is 2.23. The van der Waals surface area contributed by atoms with Crippen LogP contribution in [-0.4, -0.2) is 51.1 Å². The Bertz CT molecular complexity index is 973. The molecule has 1 N–H and O–H groups in total. The minimum absolute atomic E-state index is 0.197. The second-order valence-electron chi connectivity index (χ2n) is 6.24. The van der Waals surface area contributed by atoms with Gasteiger partial charge in [0.05, 0.1) is 18.0 Å². The molecule has 1 aromatic carbocycles. The topological polar surface area (TPSA) is 94.8 Å². The lowest BCUT2D eigenvalue weighted by molar-refractivity contribution is 0.0931. The maximum absolute atomic E-state index is 13.3. The fraction of sp³-hybridized carbons (Fsp3) is 0.316. The first-order valence-corrected chi connectivity index (χ1v) is 9.89. The number of amides is 1. The van der Waals surface area contributed by atoms with Crippen LogP contribution in [0.1, 0.15) is 27.6 Å². The normalized spacial score (nSPS) is 10.9. The summed E-state index contributed by atoms with van der Waals surface area (Å²) in [5, 5.41) is 11.5. The van der Waals surface area contributed by atoms with Gasteiger partial charge in [-0.1, -0.05) is 17.0 Å². The zero-order chi connectivity index (χ0) is 20.8. The summed E-state index contributed by atoms with van der Waals surface area (Å²) in [6.07, 6.45) is 0. The molecule has 2 heterocycles. The third kappa shape index (κ3) is 5.36. The molecular formula is C19H21FN6O2S.